The van der Waals surface area contributed by atoms with Gasteiger partial charge in [-0.1, -0.05) is 0 Å². The number of phenols is 2. The molecule has 0 bridgehead atoms. The van der Waals surface area contributed by atoms with Gasteiger partial charge in [0.2, 0.25) is 0 Å². The SMILES string of the molecule is Cc1cc(O)cc(O)c1C(=O)O[C@@H]1COC[C@@H]1O. The van der Waals surface area contributed by atoms with Gasteiger partial charge in [-0.3, -0.25) is 0 Å². The van der Waals surface area contributed by atoms with Crippen molar-refractivity contribution in [1.29, 1.82) is 0 Å². The van der Waals surface area contributed by atoms with Crippen molar-refractivity contribution < 1.29 is 29.6 Å². The highest BCUT2D eigenvalue weighted by molar-refractivity contribution is 5.94. The molecule has 2 rings (SSSR count). The predicted molar refractivity (Wildman–Crippen MR) is 60.5 cm³/mol. The lowest BCUT2D eigenvalue weighted by Crippen LogP contribution is -2.29. The minimum atomic E-state index is -0.853. The van der Waals surface area contributed by atoms with Gasteiger partial charge in [-0.15, -0.1) is 0 Å². The van der Waals surface area contributed by atoms with Gasteiger partial charge >= 0.3 is 5.97 Å². The van der Waals surface area contributed by atoms with E-state index in [4.69, 9.17) is 9.47 Å². The van der Waals surface area contributed by atoms with E-state index in [9.17, 15) is 20.1 Å². The highest BCUT2D eigenvalue weighted by Crippen LogP contribution is 2.28. The zero-order chi connectivity index (χ0) is 13.3. The van der Waals surface area contributed by atoms with Crippen molar-refractivity contribution in [3.63, 3.8) is 0 Å². The van der Waals surface area contributed by atoms with E-state index in [1.807, 2.05) is 0 Å². The zero-order valence-corrected chi connectivity index (χ0v) is 9.79. The van der Waals surface area contributed by atoms with Gasteiger partial charge in [0.1, 0.15) is 23.2 Å². The molecule has 2 atom stereocenters. The molecule has 0 spiro atoms. The van der Waals surface area contributed by atoms with Crippen molar-refractivity contribution in [3.8, 4) is 11.5 Å². The van der Waals surface area contributed by atoms with E-state index in [1.165, 1.54) is 6.07 Å². The Balaban J connectivity index is 2.19. The number of ether oxygens (including phenoxy) is 2. The fraction of sp³-hybridized carbons (Fsp3) is 0.417. The fourth-order valence-electron chi connectivity index (χ4n) is 1.85. The van der Waals surface area contributed by atoms with Gasteiger partial charge in [-0.2, -0.15) is 0 Å². The molecule has 6 nitrogen and oxygen atoms in total. The molecule has 3 N–H and O–H groups in total. The number of carbonyl (C=O) groups excluding carboxylic acids is 1. The number of aliphatic hydroxyl groups is 1. The van der Waals surface area contributed by atoms with E-state index in [-0.39, 0.29) is 30.3 Å². The third kappa shape index (κ3) is 2.39. The Hall–Kier alpha value is -1.79. The van der Waals surface area contributed by atoms with Crippen molar-refractivity contribution >= 4 is 5.97 Å². The second kappa shape index (κ2) is 4.83. The van der Waals surface area contributed by atoms with Crippen LogP contribution in [-0.2, 0) is 9.47 Å². The van der Waals surface area contributed by atoms with Crippen LogP contribution in [-0.4, -0.2) is 46.7 Å². The summed E-state index contributed by atoms with van der Waals surface area (Å²) >= 11 is 0. The summed E-state index contributed by atoms with van der Waals surface area (Å²) in [5.74, 6) is -1.24. The van der Waals surface area contributed by atoms with Crippen LogP contribution in [0, 0.1) is 6.92 Å². The average Bonchev–Trinajstić information content (AvgIpc) is 2.62. The van der Waals surface area contributed by atoms with Gasteiger partial charge in [-0.05, 0) is 18.6 Å². The second-order valence-corrected chi connectivity index (χ2v) is 4.21. The molecule has 1 aliphatic heterocycles. The molecule has 1 fully saturated rings. The Morgan fingerprint density at radius 3 is 2.67 bits per heavy atom. The number of hydrogen-bond donors (Lipinski definition) is 3. The number of hydrogen-bond acceptors (Lipinski definition) is 6. The normalized spacial score (nSPS) is 23.0. The topological polar surface area (TPSA) is 96.2 Å². The molecule has 0 radical (unpaired) electrons. The summed E-state index contributed by atoms with van der Waals surface area (Å²) in [7, 11) is 0. The predicted octanol–water partition coefficient (Wildman–Crippen LogP) is 0.323. The van der Waals surface area contributed by atoms with Crippen molar-refractivity contribution in [1.82, 2.24) is 0 Å². The summed E-state index contributed by atoms with van der Waals surface area (Å²) in [5, 5.41) is 28.3. The molecular formula is C12H14O6. The molecule has 1 aromatic carbocycles. The number of rotatable bonds is 2. The lowest BCUT2D eigenvalue weighted by atomic mass is 10.1. The van der Waals surface area contributed by atoms with Gasteiger partial charge in [0, 0.05) is 6.07 Å². The van der Waals surface area contributed by atoms with Crippen LogP contribution < -0.4 is 0 Å². The summed E-state index contributed by atoms with van der Waals surface area (Å²) in [6.45, 7) is 1.82. The molecule has 6 heteroatoms. The first-order valence-corrected chi connectivity index (χ1v) is 5.48. The molecule has 98 valence electrons. The number of aromatic hydroxyl groups is 2. The van der Waals surface area contributed by atoms with Crippen molar-refractivity contribution in [2.75, 3.05) is 13.2 Å². The number of aliphatic hydroxyl groups excluding tert-OH is 1. The quantitative estimate of drug-likeness (QED) is 0.658. The molecule has 0 aromatic heterocycles. The summed E-state index contributed by atoms with van der Waals surface area (Å²) in [6, 6.07) is 2.41. The van der Waals surface area contributed by atoms with Crippen LogP contribution in [0.15, 0.2) is 12.1 Å². The second-order valence-electron chi connectivity index (χ2n) is 4.21. The van der Waals surface area contributed by atoms with E-state index in [0.717, 1.165) is 6.07 Å². The molecule has 0 amide bonds. The summed E-state index contributed by atoms with van der Waals surface area (Å²) < 4.78 is 10.0. The van der Waals surface area contributed by atoms with Gasteiger partial charge in [0.05, 0.1) is 13.2 Å². The number of aryl methyl sites for hydroxylation is 1. The number of phenolic OH excluding ortho intramolecular Hbond substituents is 2. The van der Waals surface area contributed by atoms with Crippen LogP contribution in [0.25, 0.3) is 0 Å². The minimum absolute atomic E-state index is 0.0214. The Morgan fingerprint density at radius 2 is 2.11 bits per heavy atom. The molecule has 0 saturated carbocycles. The molecular weight excluding hydrogens is 240 g/mol. The lowest BCUT2D eigenvalue weighted by molar-refractivity contribution is 0.000825. The van der Waals surface area contributed by atoms with Crippen LogP contribution in [0.1, 0.15) is 15.9 Å². The molecule has 1 aromatic rings. The molecule has 1 saturated heterocycles. The maximum absolute atomic E-state index is 11.9. The maximum Gasteiger partial charge on any atom is 0.342 e. The van der Waals surface area contributed by atoms with Gasteiger partial charge in [-0.25, -0.2) is 4.79 Å². The van der Waals surface area contributed by atoms with E-state index in [1.54, 1.807) is 6.92 Å². The zero-order valence-electron chi connectivity index (χ0n) is 9.79. The Bertz CT molecular complexity index is 447. The third-order valence-corrected chi connectivity index (χ3v) is 2.76. The fourth-order valence-corrected chi connectivity index (χ4v) is 1.85. The first-order valence-electron chi connectivity index (χ1n) is 5.48. The highest BCUT2D eigenvalue weighted by Gasteiger charge is 2.31. The van der Waals surface area contributed by atoms with Crippen LogP contribution in [0.5, 0.6) is 11.5 Å². The van der Waals surface area contributed by atoms with Crippen LogP contribution in [0.2, 0.25) is 0 Å². The molecule has 0 aliphatic carbocycles. The Kier molecular flexibility index (Phi) is 3.40. The monoisotopic (exact) mass is 254 g/mol. The number of benzene rings is 1. The van der Waals surface area contributed by atoms with Crippen LogP contribution in [0.4, 0.5) is 0 Å². The molecule has 1 aliphatic rings. The van der Waals surface area contributed by atoms with E-state index in [0.29, 0.717) is 5.56 Å². The van der Waals surface area contributed by atoms with Gasteiger partial charge in [0.15, 0.2) is 6.10 Å². The highest BCUT2D eigenvalue weighted by atomic mass is 16.6. The summed E-state index contributed by atoms with van der Waals surface area (Å²) in [6.07, 6.45) is -1.58. The van der Waals surface area contributed by atoms with Crippen LogP contribution in [0.3, 0.4) is 0 Å². The Morgan fingerprint density at radius 1 is 1.39 bits per heavy atom. The minimum Gasteiger partial charge on any atom is -0.508 e. The Labute approximate surface area is 103 Å². The number of esters is 1. The van der Waals surface area contributed by atoms with Crippen LogP contribution >= 0.6 is 0 Å². The van der Waals surface area contributed by atoms with Crippen molar-refractivity contribution in [2.24, 2.45) is 0 Å². The smallest absolute Gasteiger partial charge is 0.342 e. The van der Waals surface area contributed by atoms with E-state index >= 15 is 0 Å². The summed E-state index contributed by atoms with van der Waals surface area (Å²) in [5.41, 5.74) is 0.373. The van der Waals surface area contributed by atoms with Crippen molar-refractivity contribution in [2.45, 2.75) is 19.1 Å². The van der Waals surface area contributed by atoms with E-state index < -0.39 is 18.2 Å². The third-order valence-electron chi connectivity index (χ3n) is 2.76. The number of carbonyl (C=O) groups is 1. The average molecular weight is 254 g/mol. The molecule has 1 heterocycles. The lowest BCUT2D eigenvalue weighted by Gasteiger charge is -2.15. The standard InChI is InChI=1S/C12H14O6/c1-6-2-7(13)3-8(14)11(6)12(16)18-10-5-17-4-9(10)15/h2-3,9-10,13-15H,4-5H2,1H3/t9-,10+/m0/s1. The first kappa shape index (κ1) is 12.7. The largest absolute Gasteiger partial charge is 0.508 e. The first-order chi connectivity index (χ1) is 8.49. The van der Waals surface area contributed by atoms with E-state index in [2.05, 4.69) is 0 Å². The van der Waals surface area contributed by atoms with Gasteiger partial charge < -0.3 is 24.8 Å². The van der Waals surface area contributed by atoms with Gasteiger partial charge in [0.25, 0.3) is 0 Å². The maximum atomic E-state index is 11.9. The summed E-state index contributed by atoms with van der Waals surface area (Å²) in [4.78, 5) is 11.9. The molecule has 18 heavy (non-hydrogen) atoms. The molecule has 0 unspecified atom stereocenters. The van der Waals surface area contributed by atoms with Crippen molar-refractivity contribution in [3.05, 3.63) is 23.3 Å².